The fraction of sp³-hybridized carbons (Fsp3) is 0.857. The molecular weight excluding hydrogens is 324 g/mol. The second-order valence-corrected chi connectivity index (χ2v) is 10.1. The second-order valence-electron chi connectivity index (χ2n) is 10.1. The molecule has 0 aromatic heterocycles. The molecule has 0 aromatic rings. The molecule has 144 valence electrons. The van der Waals surface area contributed by atoms with Crippen LogP contribution in [0.1, 0.15) is 44.9 Å². The third kappa shape index (κ3) is 2.88. The van der Waals surface area contributed by atoms with Gasteiger partial charge in [0.25, 0.3) is 0 Å². The molecule has 0 spiro atoms. The molecule has 0 unspecified atom stereocenters. The van der Waals surface area contributed by atoms with E-state index in [1.165, 1.54) is 38.5 Å². The van der Waals surface area contributed by atoms with Crippen LogP contribution < -0.4 is 0 Å². The minimum atomic E-state index is 0.188. The number of hydrogen-bond donors (Lipinski definition) is 0. The van der Waals surface area contributed by atoms with Crippen molar-refractivity contribution in [3.63, 3.8) is 0 Å². The molecule has 26 heavy (non-hydrogen) atoms. The average molecular weight is 359 g/mol. The molecular formula is C21H34N4O. The van der Waals surface area contributed by atoms with Crippen molar-refractivity contribution in [2.45, 2.75) is 51.0 Å². The fourth-order valence-electron chi connectivity index (χ4n) is 7.13. The number of amides is 2. The summed E-state index contributed by atoms with van der Waals surface area (Å²) in [5, 5.41) is 4.29. The van der Waals surface area contributed by atoms with Crippen LogP contribution in [0.2, 0.25) is 0 Å². The Morgan fingerprint density at radius 2 is 1.77 bits per heavy atom. The van der Waals surface area contributed by atoms with Crippen LogP contribution in [0.15, 0.2) is 12.3 Å². The van der Waals surface area contributed by atoms with Crippen molar-refractivity contribution in [2.75, 3.05) is 40.3 Å². The van der Waals surface area contributed by atoms with Crippen molar-refractivity contribution in [3.8, 4) is 0 Å². The first-order valence-electron chi connectivity index (χ1n) is 10.7. The maximum Gasteiger partial charge on any atom is 0.338 e. The zero-order chi connectivity index (χ0) is 17.9. The fourth-order valence-corrected chi connectivity index (χ4v) is 7.13. The van der Waals surface area contributed by atoms with Gasteiger partial charge < -0.3 is 9.80 Å². The van der Waals surface area contributed by atoms with E-state index in [0.717, 1.165) is 50.4 Å². The molecule has 5 heteroatoms. The normalized spacial score (nSPS) is 41.8. The van der Waals surface area contributed by atoms with Gasteiger partial charge in [-0.3, -0.25) is 0 Å². The van der Waals surface area contributed by atoms with Crippen molar-refractivity contribution in [1.29, 1.82) is 0 Å². The highest BCUT2D eigenvalue weighted by Gasteiger charge is 2.52. The highest BCUT2D eigenvalue weighted by Crippen LogP contribution is 2.60. The number of likely N-dealkylation sites (N-methyl/N-ethyl adjacent to an activating group) is 1. The van der Waals surface area contributed by atoms with Gasteiger partial charge in [-0.25, -0.2) is 14.8 Å². The summed E-state index contributed by atoms with van der Waals surface area (Å²) < 4.78 is 0. The van der Waals surface area contributed by atoms with Crippen molar-refractivity contribution in [3.05, 3.63) is 12.3 Å². The van der Waals surface area contributed by atoms with Gasteiger partial charge in [-0.05, 0) is 82.2 Å². The summed E-state index contributed by atoms with van der Waals surface area (Å²) in [4.78, 5) is 17.5. The summed E-state index contributed by atoms with van der Waals surface area (Å²) in [6.45, 7) is 3.73. The Morgan fingerprint density at radius 3 is 2.35 bits per heavy atom. The topological polar surface area (TPSA) is 30.0 Å². The van der Waals surface area contributed by atoms with Crippen molar-refractivity contribution < 1.29 is 4.79 Å². The Morgan fingerprint density at radius 1 is 1.12 bits per heavy atom. The van der Waals surface area contributed by atoms with Crippen LogP contribution in [-0.4, -0.2) is 72.2 Å². The van der Waals surface area contributed by atoms with E-state index in [1.807, 2.05) is 16.1 Å². The van der Waals surface area contributed by atoms with Gasteiger partial charge in [0.2, 0.25) is 0 Å². The number of hydrazine groups is 1. The summed E-state index contributed by atoms with van der Waals surface area (Å²) >= 11 is 0. The lowest BCUT2D eigenvalue weighted by atomic mass is 9.49. The summed E-state index contributed by atoms with van der Waals surface area (Å²) in [6, 6.07) is 0.690. The maximum atomic E-state index is 13.2. The first-order valence-corrected chi connectivity index (χ1v) is 10.7. The monoisotopic (exact) mass is 358 g/mol. The Labute approximate surface area is 157 Å². The molecule has 0 N–H and O–H groups in total. The van der Waals surface area contributed by atoms with Gasteiger partial charge in [-0.1, -0.05) is 6.08 Å². The molecule has 1 saturated heterocycles. The smallest absolute Gasteiger partial charge is 0.322 e. The molecule has 0 aromatic carbocycles. The highest BCUT2D eigenvalue weighted by molar-refractivity contribution is 5.75. The van der Waals surface area contributed by atoms with Gasteiger partial charge in [-0.2, -0.15) is 0 Å². The van der Waals surface area contributed by atoms with Crippen molar-refractivity contribution in [1.82, 2.24) is 19.8 Å². The second kappa shape index (κ2) is 6.23. The van der Waals surface area contributed by atoms with E-state index in [2.05, 4.69) is 30.1 Å². The lowest BCUT2D eigenvalue weighted by molar-refractivity contribution is -0.0888. The molecule has 2 aliphatic heterocycles. The molecule has 6 rings (SSSR count). The van der Waals surface area contributed by atoms with E-state index < -0.39 is 0 Å². The Balaban J connectivity index is 1.26. The molecule has 2 amide bonds. The predicted octanol–water partition coefficient (Wildman–Crippen LogP) is 3.01. The van der Waals surface area contributed by atoms with Crippen LogP contribution in [0, 0.1) is 23.2 Å². The van der Waals surface area contributed by atoms with Crippen LogP contribution in [0.5, 0.6) is 0 Å². The average Bonchev–Trinajstić information content (AvgIpc) is 3.21. The standard InChI is InChI=1S/C21H34N4O/c1-22(2)19-4-7-23(14-19)20(26)25-6-3-5-24(25)15-21-11-16-8-17(12-21)10-18(9-16)13-21/h3,6,16-19H,4-5,7-15H2,1-2H3/t16?,17?,18?,19-,21?/m1/s1. The third-order valence-electron chi connectivity index (χ3n) is 7.91. The number of likely N-dealkylation sites (tertiary alicyclic amines) is 1. The SMILES string of the molecule is CN(C)[C@@H]1CCN(C(=O)N2C=CCN2CC23CC4CC(CC(C4)C2)C3)C1. The number of urea groups is 1. The van der Waals surface area contributed by atoms with Crippen molar-refractivity contribution in [2.24, 2.45) is 23.2 Å². The zero-order valence-corrected chi connectivity index (χ0v) is 16.4. The number of hydrogen-bond acceptors (Lipinski definition) is 3. The summed E-state index contributed by atoms with van der Waals surface area (Å²) in [7, 11) is 4.24. The molecule has 1 atom stereocenters. The van der Waals surface area contributed by atoms with Crippen molar-refractivity contribution >= 4 is 6.03 Å². The van der Waals surface area contributed by atoms with Gasteiger partial charge in [0.1, 0.15) is 0 Å². The van der Waals surface area contributed by atoms with E-state index in [1.54, 1.807) is 0 Å². The van der Waals surface area contributed by atoms with E-state index in [-0.39, 0.29) is 6.03 Å². The molecule has 2 heterocycles. The quantitative estimate of drug-likeness (QED) is 0.777. The Bertz CT molecular complexity index is 566. The van der Waals surface area contributed by atoms with E-state index >= 15 is 0 Å². The predicted molar refractivity (Wildman–Crippen MR) is 102 cm³/mol. The Kier molecular flexibility index (Phi) is 4.09. The molecule has 5 fully saturated rings. The Hall–Kier alpha value is -1.07. The van der Waals surface area contributed by atoms with Crippen LogP contribution in [0.25, 0.3) is 0 Å². The van der Waals surface area contributed by atoms with E-state index in [4.69, 9.17) is 0 Å². The number of carbonyl (C=O) groups excluding carboxylic acids is 1. The molecule has 6 aliphatic rings. The van der Waals surface area contributed by atoms with Gasteiger partial charge in [0.05, 0.1) is 0 Å². The largest absolute Gasteiger partial charge is 0.338 e. The summed E-state index contributed by atoms with van der Waals surface area (Å²) in [6.07, 6.45) is 14.0. The zero-order valence-electron chi connectivity index (χ0n) is 16.4. The lowest BCUT2D eigenvalue weighted by Crippen LogP contribution is -2.55. The number of carbonyl (C=O) groups is 1. The first-order chi connectivity index (χ1) is 12.5. The highest BCUT2D eigenvalue weighted by atomic mass is 16.2. The van der Waals surface area contributed by atoms with Gasteiger partial charge in [0, 0.05) is 38.4 Å². The molecule has 4 saturated carbocycles. The summed E-state index contributed by atoms with van der Waals surface area (Å²) in [5.74, 6) is 2.92. The molecule has 5 nitrogen and oxygen atoms in total. The van der Waals surface area contributed by atoms with E-state index in [0.29, 0.717) is 11.5 Å². The van der Waals surface area contributed by atoms with E-state index in [9.17, 15) is 4.79 Å². The molecule has 4 bridgehead atoms. The third-order valence-corrected chi connectivity index (χ3v) is 7.91. The number of rotatable bonds is 3. The van der Waals surface area contributed by atoms with Gasteiger partial charge in [0.15, 0.2) is 0 Å². The van der Waals surface area contributed by atoms with Crippen LogP contribution >= 0.6 is 0 Å². The van der Waals surface area contributed by atoms with Gasteiger partial charge >= 0.3 is 6.03 Å². The lowest BCUT2D eigenvalue weighted by Gasteiger charge is -2.58. The summed E-state index contributed by atoms with van der Waals surface area (Å²) in [5.41, 5.74) is 0.483. The maximum absolute atomic E-state index is 13.2. The first kappa shape index (κ1) is 17.1. The van der Waals surface area contributed by atoms with Crippen LogP contribution in [-0.2, 0) is 0 Å². The molecule has 4 aliphatic carbocycles. The molecule has 0 radical (unpaired) electrons. The van der Waals surface area contributed by atoms with Crippen LogP contribution in [0.3, 0.4) is 0 Å². The minimum Gasteiger partial charge on any atom is -0.322 e. The van der Waals surface area contributed by atoms with Gasteiger partial charge in [-0.15, -0.1) is 0 Å². The minimum absolute atomic E-state index is 0.188. The number of nitrogens with zero attached hydrogens (tertiary/aromatic N) is 4. The van der Waals surface area contributed by atoms with Crippen LogP contribution in [0.4, 0.5) is 4.79 Å².